The minimum absolute atomic E-state index is 0.0892. The van der Waals surface area contributed by atoms with Crippen LogP contribution < -0.4 is 14.9 Å². The fraction of sp³-hybridized carbons (Fsp3) is 0.316. The first kappa shape index (κ1) is 20.5. The highest BCUT2D eigenvalue weighted by Crippen LogP contribution is 2.29. The van der Waals surface area contributed by atoms with E-state index in [2.05, 4.69) is 14.9 Å². The third-order valence-electron chi connectivity index (χ3n) is 4.29. The first-order valence-corrected chi connectivity index (χ1v) is 11.5. The van der Waals surface area contributed by atoms with Gasteiger partial charge < -0.3 is 15.0 Å². The van der Waals surface area contributed by atoms with Crippen molar-refractivity contribution >= 4 is 44.8 Å². The van der Waals surface area contributed by atoms with E-state index in [9.17, 15) is 13.2 Å². The molecule has 2 aromatic rings. The third kappa shape index (κ3) is 4.98. The van der Waals surface area contributed by atoms with Gasteiger partial charge in [0.25, 0.3) is 10.0 Å². The number of thioether (sulfide) groups is 1. The van der Waals surface area contributed by atoms with Gasteiger partial charge >= 0.3 is 0 Å². The van der Waals surface area contributed by atoms with Crippen LogP contribution in [0.4, 0.5) is 17.1 Å². The Morgan fingerprint density at radius 2 is 1.79 bits per heavy atom. The zero-order chi connectivity index (χ0) is 20.1. The highest BCUT2D eigenvalue weighted by molar-refractivity contribution is 7.98. The van der Waals surface area contributed by atoms with Gasteiger partial charge in [0, 0.05) is 36.3 Å². The number of amides is 1. The molecule has 0 spiro atoms. The molecule has 1 heterocycles. The van der Waals surface area contributed by atoms with Crippen LogP contribution in [-0.4, -0.2) is 46.9 Å². The van der Waals surface area contributed by atoms with E-state index < -0.39 is 10.0 Å². The van der Waals surface area contributed by atoms with Crippen molar-refractivity contribution in [3.8, 4) is 0 Å². The van der Waals surface area contributed by atoms with Gasteiger partial charge in [-0.05, 0) is 48.7 Å². The standard InChI is InChI=1S/C19H23N3O4S2/c1-14(23)20-18-13-17(7-8-19(18)27-2)28(24,25)21-15-3-5-16(6-4-15)22-9-11-26-12-10-22/h3-8,13,21H,9-12H2,1-2H3,(H,20,23). The normalized spacial score (nSPS) is 14.6. The number of hydrogen-bond acceptors (Lipinski definition) is 6. The molecular weight excluding hydrogens is 398 g/mol. The molecule has 0 unspecified atom stereocenters. The van der Waals surface area contributed by atoms with E-state index in [0.717, 1.165) is 23.7 Å². The SMILES string of the molecule is CSc1ccc(S(=O)(=O)Nc2ccc(N3CCOCC3)cc2)cc1NC(C)=O. The molecule has 150 valence electrons. The number of sulfonamides is 1. The molecule has 0 bridgehead atoms. The molecule has 0 radical (unpaired) electrons. The van der Waals surface area contributed by atoms with Gasteiger partial charge in [0.05, 0.1) is 23.8 Å². The van der Waals surface area contributed by atoms with Crippen LogP contribution in [0.1, 0.15) is 6.92 Å². The number of morpholine rings is 1. The van der Waals surface area contributed by atoms with Crippen molar-refractivity contribution < 1.29 is 17.9 Å². The van der Waals surface area contributed by atoms with Gasteiger partial charge in [-0.15, -0.1) is 11.8 Å². The van der Waals surface area contributed by atoms with Crippen LogP contribution in [0, 0.1) is 0 Å². The Morgan fingerprint density at radius 1 is 1.11 bits per heavy atom. The van der Waals surface area contributed by atoms with E-state index in [1.165, 1.54) is 30.8 Å². The summed E-state index contributed by atoms with van der Waals surface area (Å²) in [5.74, 6) is -0.253. The van der Waals surface area contributed by atoms with Crippen molar-refractivity contribution in [2.45, 2.75) is 16.7 Å². The van der Waals surface area contributed by atoms with Crippen molar-refractivity contribution in [3.63, 3.8) is 0 Å². The summed E-state index contributed by atoms with van der Waals surface area (Å²) in [7, 11) is -3.78. The Bertz CT molecular complexity index is 940. The molecule has 1 amide bonds. The van der Waals surface area contributed by atoms with E-state index in [0.29, 0.717) is 24.6 Å². The van der Waals surface area contributed by atoms with Gasteiger partial charge in [-0.25, -0.2) is 8.42 Å². The second kappa shape index (κ2) is 8.85. The van der Waals surface area contributed by atoms with Crippen molar-refractivity contribution in [3.05, 3.63) is 42.5 Å². The number of benzene rings is 2. The summed E-state index contributed by atoms with van der Waals surface area (Å²) in [6.07, 6.45) is 1.86. The molecule has 1 aliphatic rings. The Labute approximate surface area is 169 Å². The second-order valence-corrected chi connectivity index (χ2v) is 8.83. The highest BCUT2D eigenvalue weighted by Gasteiger charge is 2.17. The summed E-state index contributed by atoms with van der Waals surface area (Å²) in [4.78, 5) is 14.5. The van der Waals surface area contributed by atoms with E-state index >= 15 is 0 Å². The fourth-order valence-electron chi connectivity index (χ4n) is 2.92. The number of ether oxygens (including phenoxy) is 1. The van der Waals surface area contributed by atoms with Gasteiger partial charge in [-0.2, -0.15) is 0 Å². The topological polar surface area (TPSA) is 87.7 Å². The summed E-state index contributed by atoms with van der Waals surface area (Å²) in [5, 5.41) is 2.68. The van der Waals surface area contributed by atoms with Crippen LogP contribution in [0.15, 0.2) is 52.3 Å². The predicted molar refractivity (Wildman–Crippen MR) is 113 cm³/mol. The van der Waals surface area contributed by atoms with Crippen LogP contribution in [0.2, 0.25) is 0 Å². The molecular formula is C19H23N3O4S2. The lowest BCUT2D eigenvalue weighted by Gasteiger charge is -2.28. The van der Waals surface area contributed by atoms with E-state index in [4.69, 9.17) is 4.74 Å². The number of rotatable bonds is 6. The minimum atomic E-state index is -3.78. The summed E-state index contributed by atoms with van der Waals surface area (Å²) < 4.78 is 33.5. The molecule has 0 saturated carbocycles. The molecule has 2 aromatic carbocycles. The van der Waals surface area contributed by atoms with E-state index in [1.807, 2.05) is 18.4 Å². The number of nitrogens with zero attached hydrogens (tertiary/aromatic N) is 1. The van der Waals surface area contributed by atoms with Gasteiger partial charge in [0.2, 0.25) is 5.91 Å². The molecule has 2 N–H and O–H groups in total. The molecule has 7 nitrogen and oxygen atoms in total. The van der Waals surface area contributed by atoms with Crippen LogP contribution in [0.5, 0.6) is 0 Å². The average molecular weight is 422 g/mol. The molecule has 9 heteroatoms. The zero-order valence-electron chi connectivity index (χ0n) is 15.8. The van der Waals surface area contributed by atoms with Crippen LogP contribution >= 0.6 is 11.8 Å². The lowest BCUT2D eigenvalue weighted by Crippen LogP contribution is -2.36. The highest BCUT2D eigenvalue weighted by atomic mass is 32.2. The quantitative estimate of drug-likeness (QED) is 0.697. The van der Waals surface area contributed by atoms with Crippen LogP contribution in [0.25, 0.3) is 0 Å². The summed E-state index contributed by atoms with van der Waals surface area (Å²) in [5.41, 5.74) is 1.99. The largest absolute Gasteiger partial charge is 0.378 e. The van der Waals surface area contributed by atoms with Crippen LogP contribution in [-0.2, 0) is 19.6 Å². The van der Waals surface area contributed by atoms with Crippen molar-refractivity contribution in [1.29, 1.82) is 0 Å². The maximum atomic E-state index is 12.8. The summed E-state index contributed by atoms with van der Waals surface area (Å²) >= 11 is 1.43. The van der Waals surface area contributed by atoms with Crippen molar-refractivity contribution in [2.24, 2.45) is 0 Å². The zero-order valence-corrected chi connectivity index (χ0v) is 17.4. The predicted octanol–water partition coefficient (Wildman–Crippen LogP) is 3.00. The number of nitrogens with one attached hydrogen (secondary N) is 2. The van der Waals surface area contributed by atoms with E-state index in [-0.39, 0.29) is 10.8 Å². The summed E-state index contributed by atoms with van der Waals surface area (Å²) in [6.45, 7) is 4.41. The molecule has 0 aliphatic carbocycles. The molecule has 28 heavy (non-hydrogen) atoms. The lowest BCUT2D eigenvalue weighted by molar-refractivity contribution is -0.114. The maximum absolute atomic E-state index is 12.8. The van der Waals surface area contributed by atoms with Crippen molar-refractivity contribution in [2.75, 3.05) is 47.5 Å². The maximum Gasteiger partial charge on any atom is 0.261 e. The lowest BCUT2D eigenvalue weighted by atomic mass is 10.2. The number of carbonyl (C=O) groups is 1. The number of anilines is 3. The third-order valence-corrected chi connectivity index (χ3v) is 6.46. The minimum Gasteiger partial charge on any atom is -0.378 e. The van der Waals surface area contributed by atoms with Gasteiger partial charge in [-0.3, -0.25) is 9.52 Å². The molecule has 1 aliphatic heterocycles. The monoisotopic (exact) mass is 421 g/mol. The van der Waals surface area contributed by atoms with Crippen LogP contribution in [0.3, 0.4) is 0 Å². The number of hydrogen-bond donors (Lipinski definition) is 2. The smallest absolute Gasteiger partial charge is 0.261 e. The second-order valence-electron chi connectivity index (χ2n) is 6.30. The fourth-order valence-corrected chi connectivity index (χ4v) is 4.54. The van der Waals surface area contributed by atoms with Gasteiger partial charge in [-0.1, -0.05) is 0 Å². The van der Waals surface area contributed by atoms with E-state index in [1.54, 1.807) is 18.2 Å². The molecule has 1 saturated heterocycles. The number of carbonyl (C=O) groups excluding carboxylic acids is 1. The molecule has 3 rings (SSSR count). The van der Waals surface area contributed by atoms with Gasteiger partial charge in [0.1, 0.15) is 0 Å². The van der Waals surface area contributed by atoms with Gasteiger partial charge in [0.15, 0.2) is 0 Å². The molecule has 1 fully saturated rings. The Kier molecular flexibility index (Phi) is 6.48. The summed E-state index contributed by atoms with van der Waals surface area (Å²) in [6, 6.07) is 12.0. The Morgan fingerprint density at radius 3 is 2.39 bits per heavy atom. The average Bonchev–Trinajstić information content (AvgIpc) is 2.68. The van der Waals surface area contributed by atoms with Crippen molar-refractivity contribution in [1.82, 2.24) is 0 Å². The Balaban J connectivity index is 1.78. The molecule has 0 aromatic heterocycles. The first-order valence-electron chi connectivity index (χ1n) is 8.80. The first-order chi connectivity index (χ1) is 13.4. The Hall–Kier alpha value is -2.23. The molecule has 0 atom stereocenters.